The van der Waals surface area contributed by atoms with Gasteiger partial charge in [0.05, 0.1) is 12.6 Å². The molecule has 1 unspecified atom stereocenters. The first-order valence-electron chi connectivity index (χ1n) is 4.70. The van der Waals surface area contributed by atoms with Gasteiger partial charge in [-0.25, -0.2) is 5.43 Å². The van der Waals surface area contributed by atoms with Crippen LogP contribution in [0.2, 0.25) is 0 Å². The van der Waals surface area contributed by atoms with E-state index in [2.05, 4.69) is 28.3 Å². The van der Waals surface area contributed by atoms with E-state index in [1.165, 1.54) is 5.56 Å². The largest absolute Gasteiger partial charge is 0.496 e. The number of hydrogen-bond acceptors (Lipinski definition) is 4. The average molecular weight is 210 g/mol. The minimum atomic E-state index is 0.118. The summed E-state index contributed by atoms with van der Waals surface area (Å²) in [5, 5.41) is 4.21. The van der Waals surface area contributed by atoms with Crippen LogP contribution >= 0.6 is 11.3 Å². The fourth-order valence-electron chi connectivity index (χ4n) is 1.57. The van der Waals surface area contributed by atoms with Gasteiger partial charge in [0.25, 0.3) is 0 Å². The van der Waals surface area contributed by atoms with Crippen molar-refractivity contribution in [3.8, 4) is 0 Å². The molecule has 1 atom stereocenters. The lowest BCUT2D eigenvalue weighted by molar-refractivity contribution is 0.214. The Labute approximate surface area is 87.5 Å². The Bertz CT molecular complexity index is 308. The zero-order chi connectivity index (χ0) is 9.80. The standard InChI is InChI=1S/C10H14N2OS/c11-12-9(10-2-1-4-13-10)6-8-3-5-14-7-8/h2-3,5,7,9,12H,1,4,6,11H2. The predicted molar refractivity (Wildman–Crippen MR) is 57.8 cm³/mol. The Morgan fingerprint density at radius 2 is 2.57 bits per heavy atom. The molecule has 4 heteroatoms. The molecule has 3 nitrogen and oxygen atoms in total. The monoisotopic (exact) mass is 210 g/mol. The summed E-state index contributed by atoms with van der Waals surface area (Å²) in [7, 11) is 0. The molecule has 1 aromatic heterocycles. The third kappa shape index (κ3) is 2.15. The van der Waals surface area contributed by atoms with Gasteiger partial charge in [0.1, 0.15) is 5.76 Å². The summed E-state index contributed by atoms with van der Waals surface area (Å²) in [6.45, 7) is 0.789. The van der Waals surface area contributed by atoms with E-state index in [-0.39, 0.29) is 6.04 Å². The topological polar surface area (TPSA) is 47.3 Å². The number of hydrogen-bond donors (Lipinski definition) is 2. The highest BCUT2D eigenvalue weighted by atomic mass is 32.1. The zero-order valence-corrected chi connectivity index (χ0v) is 8.72. The van der Waals surface area contributed by atoms with E-state index in [0.717, 1.165) is 25.2 Å². The molecule has 0 aliphatic carbocycles. The molecule has 2 heterocycles. The van der Waals surface area contributed by atoms with Gasteiger partial charge in [-0.2, -0.15) is 11.3 Å². The normalized spacial score (nSPS) is 17.6. The van der Waals surface area contributed by atoms with Crippen LogP contribution in [0.4, 0.5) is 0 Å². The van der Waals surface area contributed by atoms with Crippen LogP contribution in [0.15, 0.2) is 28.7 Å². The molecule has 0 radical (unpaired) electrons. The highest BCUT2D eigenvalue weighted by Gasteiger charge is 2.17. The molecule has 2 rings (SSSR count). The molecule has 0 fully saturated rings. The quantitative estimate of drug-likeness (QED) is 0.584. The second-order valence-corrected chi connectivity index (χ2v) is 4.08. The van der Waals surface area contributed by atoms with Crippen LogP contribution in [0.25, 0.3) is 0 Å². The summed E-state index contributed by atoms with van der Waals surface area (Å²) in [5.74, 6) is 6.49. The van der Waals surface area contributed by atoms with Crippen molar-refractivity contribution >= 4 is 11.3 Å². The molecule has 0 bridgehead atoms. The van der Waals surface area contributed by atoms with Crippen molar-refractivity contribution in [3.63, 3.8) is 0 Å². The summed E-state index contributed by atoms with van der Waals surface area (Å²) < 4.78 is 5.48. The summed E-state index contributed by atoms with van der Waals surface area (Å²) in [4.78, 5) is 0. The van der Waals surface area contributed by atoms with E-state index in [9.17, 15) is 0 Å². The van der Waals surface area contributed by atoms with Crippen molar-refractivity contribution in [2.75, 3.05) is 6.61 Å². The molecule has 3 N–H and O–H groups in total. The van der Waals surface area contributed by atoms with E-state index in [1.54, 1.807) is 11.3 Å². The van der Waals surface area contributed by atoms with Gasteiger partial charge in [0, 0.05) is 6.42 Å². The lowest BCUT2D eigenvalue weighted by Gasteiger charge is -2.16. The van der Waals surface area contributed by atoms with Crippen LogP contribution in [0.5, 0.6) is 0 Å². The molecular weight excluding hydrogens is 196 g/mol. The van der Waals surface area contributed by atoms with Crippen molar-refractivity contribution < 1.29 is 4.74 Å². The molecule has 14 heavy (non-hydrogen) atoms. The Balaban J connectivity index is 1.99. The third-order valence-electron chi connectivity index (χ3n) is 2.30. The smallest absolute Gasteiger partial charge is 0.111 e. The summed E-state index contributed by atoms with van der Waals surface area (Å²) in [6, 6.07) is 2.23. The molecule has 1 aliphatic rings. The van der Waals surface area contributed by atoms with E-state index < -0.39 is 0 Å². The van der Waals surface area contributed by atoms with Crippen molar-refractivity contribution in [2.45, 2.75) is 18.9 Å². The van der Waals surface area contributed by atoms with Gasteiger partial charge >= 0.3 is 0 Å². The first kappa shape index (κ1) is 9.71. The predicted octanol–water partition coefficient (Wildman–Crippen LogP) is 1.43. The molecule has 0 saturated heterocycles. The molecule has 76 valence electrons. The number of rotatable bonds is 4. The van der Waals surface area contributed by atoms with Crippen LogP contribution in [-0.4, -0.2) is 12.6 Å². The maximum Gasteiger partial charge on any atom is 0.111 e. The third-order valence-corrected chi connectivity index (χ3v) is 3.03. The minimum absolute atomic E-state index is 0.118. The van der Waals surface area contributed by atoms with Gasteiger partial charge < -0.3 is 4.74 Å². The van der Waals surface area contributed by atoms with Crippen LogP contribution in [0.3, 0.4) is 0 Å². The van der Waals surface area contributed by atoms with E-state index in [1.807, 2.05) is 0 Å². The maximum absolute atomic E-state index is 5.50. The number of thiophene rings is 1. The first-order valence-corrected chi connectivity index (χ1v) is 5.64. The van der Waals surface area contributed by atoms with Gasteiger partial charge in [0.15, 0.2) is 0 Å². The van der Waals surface area contributed by atoms with Crippen LogP contribution in [-0.2, 0) is 11.2 Å². The van der Waals surface area contributed by atoms with Gasteiger partial charge in [0.2, 0.25) is 0 Å². The minimum Gasteiger partial charge on any atom is -0.496 e. The fraction of sp³-hybridized carbons (Fsp3) is 0.400. The SMILES string of the molecule is NNC(Cc1ccsc1)C1=CCCO1. The van der Waals surface area contributed by atoms with Crippen molar-refractivity contribution in [3.05, 3.63) is 34.2 Å². The molecule has 0 spiro atoms. The van der Waals surface area contributed by atoms with Crippen molar-refractivity contribution in [1.82, 2.24) is 5.43 Å². The zero-order valence-electron chi connectivity index (χ0n) is 7.90. The summed E-state index contributed by atoms with van der Waals surface area (Å²) >= 11 is 1.71. The second kappa shape index (κ2) is 4.59. The lowest BCUT2D eigenvalue weighted by Crippen LogP contribution is -2.38. The Morgan fingerprint density at radius 3 is 3.14 bits per heavy atom. The summed E-state index contributed by atoms with van der Waals surface area (Å²) in [5.41, 5.74) is 4.09. The van der Waals surface area contributed by atoms with Crippen LogP contribution < -0.4 is 11.3 Å². The Morgan fingerprint density at radius 1 is 1.64 bits per heavy atom. The summed E-state index contributed by atoms with van der Waals surface area (Å²) in [6.07, 6.45) is 4.00. The Kier molecular flexibility index (Phi) is 3.18. The van der Waals surface area contributed by atoms with E-state index in [0.29, 0.717) is 0 Å². The fourth-order valence-corrected chi connectivity index (χ4v) is 2.25. The van der Waals surface area contributed by atoms with Gasteiger partial charge in [-0.1, -0.05) is 0 Å². The highest BCUT2D eigenvalue weighted by molar-refractivity contribution is 7.07. The van der Waals surface area contributed by atoms with Gasteiger partial charge in [-0.05, 0) is 34.9 Å². The highest BCUT2D eigenvalue weighted by Crippen LogP contribution is 2.17. The molecule has 1 aliphatic heterocycles. The van der Waals surface area contributed by atoms with E-state index in [4.69, 9.17) is 10.6 Å². The first-order chi connectivity index (χ1) is 6.90. The average Bonchev–Trinajstić information content (AvgIpc) is 2.86. The number of nitrogens with two attached hydrogens (primary N) is 1. The number of hydrazine groups is 1. The van der Waals surface area contributed by atoms with Crippen LogP contribution in [0, 0.1) is 0 Å². The molecule has 0 saturated carbocycles. The lowest BCUT2D eigenvalue weighted by atomic mass is 10.1. The molecular formula is C10H14N2OS. The Hall–Kier alpha value is -0.840. The van der Waals surface area contributed by atoms with Crippen LogP contribution in [0.1, 0.15) is 12.0 Å². The number of ether oxygens (including phenoxy) is 1. The van der Waals surface area contributed by atoms with Gasteiger partial charge in [-0.15, -0.1) is 0 Å². The van der Waals surface area contributed by atoms with Crippen molar-refractivity contribution in [1.29, 1.82) is 0 Å². The van der Waals surface area contributed by atoms with E-state index >= 15 is 0 Å². The maximum atomic E-state index is 5.50. The van der Waals surface area contributed by atoms with Gasteiger partial charge in [-0.3, -0.25) is 5.84 Å². The number of nitrogens with one attached hydrogen (secondary N) is 1. The molecule has 0 amide bonds. The second-order valence-electron chi connectivity index (χ2n) is 3.30. The molecule has 1 aromatic rings. The molecule has 0 aromatic carbocycles. The van der Waals surface area contributed by atoms with Crippen molar-refractivity contribution in [2.24, 2.45) is 5.84 Å².